The van der Waals surface area contributed by atoms with Gasteiger partial charge in [0.2, 0.25) is 5.91 Å². The molecule has 1 heterocycles. The number of carbonyl (C=O) groups excluding carboxylic acids is 1. The van der Waals surface area contributed by atoms with Crippen molar-refractivity contribution in [3.63, 3.8) is 0 Å². The molecule has 2 fully saturated rings. The molecule has 1 aromatic heterocycles. The summed E-state index contributed by atoms with van der Waals surface area (Å²) in [7, 11) is 0. The number of pyridine rings is 1. The zero-order chi connectivity index (χ0) is 15.7. The number of hydrogen-bond acceptors (Lipinski definition) is 2. The second-order valence-electron chi connectivity index (χ2n) is 5.97. The molecule has 1 spiro atoms. The molecule has 0 saturated heterocycles. The van der Waals surface area contributed by atoms with E-state index in [1.807, 2.05) is 6.07 Å². The van der Waals surface area contributed by atoms with Crippen LogP contribution in [0, 0.1) is 11.3 Å². The Bertz CT molecular complexity index is 829. The molecule has 2 aliphatic rings. The number of hydrogen-bond donors (Lipinski definition) is 1. The van der Waals surface area contributed by atoms with E-state index in [1.165, 1.54) is 0 Å². The molecule has 2 atom stereocenters. The van der Waals surface area contributed by atoms with E-state index in [1.54, 1.807) is 18.3 Å². The average molecular weight is 388 g/mol. The van der Waals surface area contributed by atoms with E-state index in [4.69, 9.17) is 11.6 Å². The number of rotatable bonds is 2. The van der Waals surface area contributed by atoms with Crippen molar-refractivity contribution in [2.75, 3.05) is 5.32 Å². The Hall–Kier alpha value is -1.27. The van der Waals surface area contributed by atoms with Gasteiger partial charge >= 0.3 is 0 Å². The van der Waals surface area contributed by atoms with Gasteiger partial charge < -0.3 is 5.32 Å². The fourth-order valence-corrected chi connectivity index (χ4v) is 3.55. The summed E-state index contributed by atoms with van der Waals surface area (Å²) in [5.41, 5.74) is -1.06. The minimum absolute atomic E-state index is 0.172. The van der Waals surface area contributed by atoms with Crippen molar-refractivity contribution in [2.24, 2.45) is 11.3 Å². The van der Waals surface area contributed by atoms with Gasteiger partial charge in [-0.2, -0.15) is 0 Å². The molecular formula is C15H10BrClF2N2O. The zero-order valence-electron chi connectivity index (χ0n) is 11.2. The van der Waals surface area contributed by atoms with Crippen LogP contribution in [-0.2, 0) is 4.79 Å². The van der Waals surface area contributed by atoms with Crippen molar-refractivity contribution in [1.29, 1.82) is 0 Å². The molecule has 0 aliphatic heterocycles. The predicted octanol–water partition coefficient (Wildman–Crippen LogP) is 4.63. The van der Waals surface area contributed by atoms with Crippen molar-refractivity contribution in [3.05, 3.63) is 33.9 Å². The Kier molecular flexibility index (Phi) is 2.86. The molecule has 2 saturated carbocycles. The second-order valence-corrected chi connectivity index (χ2v) is 7.23. The van der Waals surface area contributed by atoms with E-state index in [0.717, 1.165) is 15.2 Å². The summed E-state index contributed by atoms with van der Waals surface area (Å²) in [6.45, 7) is 0. The number of alkyl halides is 2. The monoisotopic (exact) mass is 386 g/mol. The highest BCUT2D eigenvalue weighted by molar-refractivity contribution is 9.10. The van der Waals surface area contributed by atoms with Crippen molar-refractivity contribution in [2.45, 2.75) is 18.8 Å². The smallest absolute Gasteiger partial charge is 0.255 e. The molecular weight excluding hydrogens is 378 g/mol. The fraction of sp³-hybridized carbons (Fsp3) is 0.333. The maximum Gasteiger partial charge on any atom is 0.255 e. The number of benzene rings is 1. The van der Waals surface area contributed by atoms with Gasteiger partial charge in [-0.3, -0.25) is 4.79 Å². The van der Waals surface area contributed by atoms with Gasteiger partial charge in [0.25, 0.3) is 5.92 Å². The number of amides is 1. The van der Waals surface area contributed by atoms with Gasteiger partial charge in [0, 0.05) is 22.5 Å². The average Bonchev–Trinajstić information content (AvgIpc) is 3.28. The normalized spacial score (nSPS) is 27.9. The second kappa shape index (κ2) is 4.38. The maximum atomic E-state index is 13.2. The summed E-state index contributed by atoms with van der Waals surface area (Å²) in [4.78, 5) is 16.2. The van der Waals surface area contributed by atoms with Crippen molar-refractivity contribution < 1.29 is 13.6 Å². The number of carbonyl (C=O) groups is 1. The molecule has 4 rings (SSSR count). The van der Waals surface area contributed by atoms with Gasteiger partial charge in [-0.25, -0.2) is 13.8 Å². The summed E-state index contributed by atoms with van der Waals surface area (Å²) in [5.74, 6) is -3.29. The summed E-state index contributed by atoms with van der Waals surface area (Å²) < 4.78 is 27.1. The lowest BCUT2D eigenvalue weighted by atomic mass is 10.2. The molecule has 22 heavy (non-hydrogen) atoms. The van der Waals surface area contributed by atoms with Gasteiger partial charge in [-0.15, -0.1) is 0 Å². The number of fused-ring (bicyclic) bond motifs is 1. The van der Waals surface area contributed by atoms with Crippen LogP contribution >= 0.6 is 27.5 Å². The molecule has 3 nitrogen and oxygen atoms in total. The first-order valence-electron chi connectivity index (χ1n) is 6.76. The van der Waals surface area contributed by atoms with Crippen molar-refractivity contribution in [3.8, 4) is 0 Å². The molecule has 1 aromatic carbocycles. The van der Waals surface area contributed by atoms with Crippen molar-refractivity contribution in [1.82, 2.24) is 4.98 Å². The minimum Gasteiger partial charge on any atom is -0.310 e. The third-order valence-electron chi connectivity index (χ3n) is 4.54. The Labute approximate surface area is 138 Å². The molecule has 2 aliphatic carbocycles. The largest absolute Gasteiger partial charge is 0.310 e. The number of aromatic nitrogens is 1. The van der Waals surface area contributed by atoms with Crippen LogP contribution in [0.4, 0.5) is 14.6 Å². The molecule has 2 aromatic rings. The van der Waals surface area contributed by atoms with E-state index in [2.05, 4.69) is 26.2 Å². The highest BCUT2D eigenvalue weighted by atomic mass is 79.9. The SMILES string of the molecule is O=C(Nc1cc2cc(Br)c(Cl)cc2cn1)[C@H]1C[C@]12CC2(F)F. The third-order valence-corrected chi connectivity index (χ3v) is 5.74. The Balaban J connectivity index is 1.55. The van der Waals surface area contributed by atoms with Crippen LogP contribution in [0.1, 0.15) is 12.8 Å². The van der Waals surface area contributed by atoms with Gasteiger partial charge in [-0.1, -0.05) is 11.6 Å². The van der Waals surface area contributed by atoms with Crippen LogP contribution in [0.25, 0.3) is 10.8 Å². The third kappa shape index (κ3) is 2.04. The van der Waals surface area contributed by atoms with Gasteiger partial charge in [0.15, 0.2) is 0 Å². The van der Waals surface area contributed by atoms with Crippen LogP contribution in [0.2, 0.25) is 5.02 Å². The van der Waals surface area contributed by atoms with Gasteiger partial charge in [0.05, 0.1) is 16.4 Å². The van der Waals surface area contributed by atoms with Crippen LogP contribution in [-0.4, -0.2) is 16.8 Å². The molecule has 0 radical (unpaired) electrons. The molecule has 1 N–H and O–H groups in total. The van der Waals surface area contributed by atoms with Crippen LogP contribution in [0.3, 0.4) is 0 Å². The predicted molar refractivity (Wildman–Crippen MR) is 83.2 cm³/mol. The molecule has 1 amide bonds. The van der Waals surface area contributed by atoms with Gasteiger partial charge in [-0.05, 0) is 45.9 Å². The van der Waals surface area contributed by atoms with Crippen molar-refractivity contribution >= 4 is 50.0 Å². The first kappa shape index (κ1) is 14.3. The Morgan fingerprint density at radius 1 is 1.36 bits per heavy atom. The van der Waals surface area contributed by atoms with E-state index in [9.17, 15) is 13.6 Å². The minimum atomic E-state index is -2.67. The molecule has 7 heteroatoms. The number of anilines is 1. The zero-order valence-corrected chi connectivity index (χ0v) is 13.5. The number of nitrogens with zero attached hydrogens (tertiary/aromatic N) is 1. The quantitative estimate of drug-likeness (QED) is 0.816. The first-order valence-corrected chi connectivity index (χ1v) is 7.93. The van der Waals surface area contributed by atoms with E-state index < -0.39 is 17.3 Å². The van der Waals surface area contributed by atoms with Crippen LogP contribution < -0.4 is 5.32 Å². The summed E-state index contributed by atoms with van der Waals surface area (Å²) in [6, 6.07) is 5.29. The maximum absolute atomic E-state index is 13.2. The summed E-state index contributed by atoms with van der Waals surface area (Å²) in [6.07, 6.45) is 1.69. The van der Waals surface area contributed by atoms with Crippen LogP contribution in [0.15, 0.2) is 28.9 Å². The standard InChI is InChI=1S/C15H10BrClF2N2O/c16-10-1-7-3-12(20-5-8(7)2-11(10)17)21-13(22)9-4-14(9)6-15(14,18)19/h1-3,5,9H,4,6H2,(H,20,21,22)/t9-,14+/m1/s1. The first-order chi connectivity index (χ1) is 10.3. The highest BCUT2D eigenvalue weighted by Gasteiger charge is 2.85. The highest BCUT2D eigenvalue weighted by Crippen LogP contribution is 2.79. The molecule has 0 unspecified atom stereocenters. The lowest BCUT2D eigenvalue weighted by Gasteiger charge is -2.06. The Morgan fingerprint density at radius 3 is 2.73 bits per heavy atom. The topological polar surface area (TPSA) is 42.0 Å². The van der Waals surface area contributed by atoms with E-state index in [-0.39, 0.29) is 18.7 Å². The van der Waals surface area contributed by atoms with Crippen LogP contribution in [0.5, 0.6) is 0 Å². The fourth-order valence-electron chi connectivity index (χ4n) is 3.02. The van der Waals surface area contributed by atoms with Gasteiger partial charge in [0.1, 0.15) is 5.82 Å². The summed E-state index contributed by atoms with van der Waals surface area (Å²) in [5, 5.41) is 4.89. The molecule has 0 bridgehead atoms. The lowest BCUT2D eigenvalue weighted by molar-refractivity contribution is -0.118. The number of halogens is 4. The van der Waals surface area contributed by atoms with E-state index in [0.29, 0.717) is 10.8 Å². The lowest BCUT2D eigenvalue weighted by Crippen LogP contribution is -2.17. The van der Waals surface area contributed by atoms with E-state index >= 15 is 0 Å². The molecule has 114 valence electrons. The summed E-state index contributed by atoms with van der Waals surface area (Å²) >= 11 is 9.35. The Morgan fingerprint density at radius 2 is 2.09 bits per heavy atom. The number of nitrogens with one attached hydrogen (secondary N) is 1.